The van der Waals surface area contributed by atoms with Gasteiger partial charge in [-0.2, -0.15) is 4.31 Å². The van der Waals surface area contributed by atoms with Gasteiger partial charge in [0.2, 0.25) is 15.9 Å². The predicted octanol–water partition coefficient (Wildman–Crippen LogP) is 3.39. The predicted molar refractivity (Wildman–Crippen MR) is 113 cm³/mol. The maximum Gasteiger partial charge on any atom is 0.243 e. The molecule has 2 aromatic carbocycles. The first-order chi connectivity index (χ1) is 13.8. The van der Waals surface area contributed by atoms with Crippen LogP contribution in [0.15, 0.2) is 53.4 Å². The smallest absolute Gasteiger partial charge is 0.243 e. The number of ether oxygens (including phenoxy) is 1. The first-order valence-corrected chi connectivity index (χ1v) is 11.4. The fourth-order valence-corrected chi connectivity index (χ4v) is 5.13. The highest BCUT2D eigenvalue weighted by molar-refractivity contribution is 7.89. The molecule has 1 amide bonds. The van der Waals surface area contributed by atoms with Crippen molar-refractivity contribution in [3.05, 3.63) is 59.1 Å². The number of hydrogen-bond donors (Lipinski definition) is 1. The minimum Gasteiger partial charge on any atom is -0.491 e. The molecular weight excluding hydrogens is 412 g/mol. The first-order valence-electron chi connectivity index (χ1n) is 9.55. The van der Waals surface area contributed by atoms with Gasteiger partial charge in [0.1, 0.15) is 18.4 Å². The zero-order valence-corrected chi connectivity index (χ0v) is 18.0. The number of nitrogens with one attached hydrogen (secondary N) is 1. The summed E-state index contributed by atoms with van der Waals surface area (Å²) < 4.78 is 33.0. The van der Waals surface area contributed by atoms with Gasteiger partial charge in [-0.3, -0.25) is 4.79 Å². The number of halogens is 1. The van der Waals surface area contributed by atoms with Crippen molar-refractivity contribution in [2.45, 2.75) is 43.7 Å². The van der Waals surface area contributed by atoms with Gasteiger partial charge in [0, 0.05) is 11.6 Å². The van der Waals surface area contributed by atoms with Gasteiger partial charge >= 0.3 is 0 Å². The lowest BCUT2D eigenvalue weighted by Gasteiger charge is -2.25. The molecule has 8 heteroatoms. The lowest BCUT2D eigenvalue weighted by atomic mass is 10.2. The van der Waals surface area contributed by atoms with Gasteiger partial charge < -0.3 is 10.1 Å². The van der Waals surface area contributed by atoms with Crippen LogP contribution in [0.2, 0.25) is 5.02 Å². The van der Waals surface area contributed by atoms with Gasteiger partial charge in [-0.25, -0.2) is 8.42 Å². The van der Waals surface area contributed by atoms with Crippen molar-refractivity contribution in [3.63, 3.8) is 0 Å². The highest BCUT2D eigenvalue weighted by atomic mass is 35.5. The zero-order valence-electron chi connectivity index (χ0n) is 16.5. The van der Waals surface area contributed by atoms with Gasteiger partial charge in [-0.05, 0) is 62.6 Å². The van der Waals surface area contributed by atoms with Crippen molar-refractivity contribution in [1.82, 2.24) is 9.62 Å². The number of rotatable bonds is 7. The Labute approximate surface area is 176 Å². The number of carbonyl (C=O) groups excluding carboxylic acids is 1. The third kappa shape index (κ3) is 5.10. The second-order valence-corrected chi connectivity index (χ2v) is 9.54. The van der Waals surface area contributed by atoms with Gasteiger partial charge in [0.25, 0.3) is 0 Å². The van der Waals surface area contributed by atoms with Crippen LogP contribution in [0.3, 0.4) is 0 Å². The van der Waals surface area contributed by atoms with Crippen LogP contribution in [0.25, 0.3) is 0 Å². The van der Waals surface area contributed by atoms with E-state index in [9.17, 15) is 13.2 Å². The van der Waals surface area contributed by atoms with Crippen molar-refractivity contribution in [1.29, 1.82) is 0 Å². The van der Waals surface area contributed by atoms with E-state index in [1.807, 2.05) is 38.1 Å². The third-order valence-electron chi connectivity index (χ3n) is 4.90. The normalized spacial score (nSPS) is 18.4. The SMILES string of the molecule is Cc1ccccc1OC[C@H](C)NC(=O)[C@@H]1CCCN1S(=O)(=O)c1ccc(Cl)cc1. The Morgan fingerprint density at radius 1 is 1.24 bits per heavy atom. The Hall–Kier alpha value is -2.09. The van der Waals surface area contributed by atoms with Crippen LogP contribution >= 0.6 is 11.6 Å². The number of carbonyl (C=O) groups is 1. The van der Waals surface area contributed by atoms with E-state index < -0.39 is 16.1 Å². The summed E-state index contributed by atoms with van der Waals surface area (Å²) in [6.07, 6.45) is 1.13. The molecule has 1 aliphatic rings. The molecule has 0 bridgehead atoms. The monoisotopic (exact) mass is 436 g/mol. The van der Waals surface area contributed by atoms with E-state index in [1.54, 1.807) is 0 Å². The summed E-state index contributed by atoms with van der Waals surface area (Å²) in [6.45, 7) is 4.41. The molecule has 1 aliphatic heterocycles. The maximum atomic E-state index is 13.0. The van der Waals surface area contributed by atoms with Crippen molar-refractivity contribution >= 4 is 27.5 Å². The van der Waals surface area contributed by atoms with E-state index in [0.29, 0.717) is 31.0 Å². The fraction of sp³-hybridized carbons (Fsp3) is 0.381. The van der Waals surface area contributed by atoms with Crippen molar-refractivity contribution in [3.8, 4) is 5.75 Å². The molecule has 2 aromatic rings. The summed E-state index contributed by atoms with van der Waals surface area (Å²) in [4.78, 5) is 12.9. The second kappa shape index (κ2) is 9.15. The van der Waals surface area contributed by atoms with Crippen LogP contribution in [0.5, 0.6) is 5.75 Å². The standard InChI is InChI=1S/C21H25ClN2O4S/c1-15-6-3-4-8-20(15)28-14-16(2)23-21(25)19-7-5-13-24(19)29(26,27)18-11-9-17(22)10-12-18/h3-4,6,8-12,16,19H,5,7,13-14H2,1-2H3,(H,23,25)/t16-,19-/m0/s1. The molecule has 1 fully saturated rings. The van der Waals surface area contributed by atoms with Crippen LogP contribution in [0.1, 0.15) is 25.3 Å². The molecule has 156 valence electrons. The highest BCUT2D eigenvalue weighted by Gasteiger charge is 2.39. The van der Waals surface area contributed by atoms with E-state index in [4.69, 9.17) is 16.3 Å². The lowest BCUT2D eigenvalue weighted by Crippen LogP contribution is -2.49. The summed E-state index contributed by atoms with van der Waals surface area (Å²) in [6, 6.07) is 12.7. The number of nitrogens with zero attached hydrogens (tertiary/aromatic N) is 1. The zero-order chi connectivity index (χ0) is 21.0. The molecule has 2 atom stereocenters. The molecule has 1 saturated heterocycles. The Bertz CT molecular complexity index is 963. The average molecular weight is 437 g/mol. The molecular formula is C21H25ClN2O4S. The number of para-hydroxylation sites is 1. The third-order valence-corrected chi connectivity index (χ3v) is 7.07. The molecule has 0 unspecified atom stereocenters. The average Bonchev–Trinajstić information content (AvgIpc) is 3.19. The number of hydrogen-bond acceptors (Lipinski definition) is 4. The Morgan fingerprint density at radius 2 is 1.93 bits per heavy atom. The summed E-state index contributed by atoms with van der Waals surface area (Å²) in [7, 11) is -3.76. The summed E-state index contributed by atoms with van der Waals surface area (Å²) in [5, 5.41) is 3.34. The van der Waals surface area contributed by atoms with Crippen LogP contribution in [0, 0.1) is 6.92 Å². The Balaban J connectivity index is 1.63. The number of benzene rings is 2. The topological polar surface area (TPSA) is 75.7 Å². The molecule has 29 heavy (non-hydrogen) atoms. The lowest BCUT2D eigenvalue weighted by molar-refractivity contribution is -0.125. The van der Waals surface area contributed by atoms with Crippen LogP contribution in [-0.4, -0.2) is 43.9 Å². The number of amides is 1. The van der Waals surface area contributed by atoms with Crippen molar-refractivity contribution in [2.24, 2.45) is 0 Å². The molecule has 1 heterocycles. The first kappa shape index (κ1) is 21.6. The van der Waals surface area contributed by atoms with E-state index in [2.05, 4.69) is 5.32 Å². The van der Waals surface area contributed by atoms with Crippen LogP contribution < -0.4 is 10.1 Å². The van der Waals surface area contributed by atoms with Gasteiger partial charge in [0.05, 0.1) is 10.9 Å². The Kier molecular flexibility index (Phi) is 6.82. The van der Waals surface area contributed by atoms with E-state index in [0.717, 1.165) is 11.3 Å². The van der Waals surface area contributed by atoms with E-state index in [-0.39, 0.29) is 16.8 Å². The van der Waals surface area contributed by atoms with Crippen LogP contribution in [-0.2, 0) is 14.8 Å². The van der Waals surface area contributed by atoms with Gasteiger partial charge in [-0.15, -0.1) is 0 Å². The summed E-state index contributed by atoms with van der Waals surface area (Å²) in [5.74, 6) is 0.460. The molecule has 0 spiro atoms. The molecule has 6 nitrogen and oxygen atoms in total. The minimum atomic E-state index is -3.76. The summed E-state index contributed by atoms with van der Waals surface area (Å²) in [5.41, 5.74) is 1.02. The van der Waals surface area contributed by atoms with Crippen LogP contribution in [0.4, 0.5) is 0 Å². The number of sulfonamides is 1. The molecule has 0 radical (unpaired) electrons. The maximum absolute atomic E-state index is 13.0. The molecule has 0 aromatic heterocycles. The number of aryl methyl sites for hydroxylation is 1. The van der Waals surface area contributed by atoms with Crippen molar-refractivity contribution < 1.29 is 17.9 Å². The van der Waals surface area contributed by atoms with Gasteiger partial charge in [0.15, 0.2) is 0 Å². The second-order valence-electron chi connectivity index (χ2n) is 7.21. The Morgan fingerprint density at radius 3 is 2.62 bits per heavy atom. The van der Waals surface area contributed by atoms with E-state index in [1.165, 1.54) is 28.6 Å². The minimum absolute atomic E-state index is 0.137. The van der Waals surface area contributed by atoms with E-state index >= 15 is 0 Å². The largest absolute Gasteiger partial charge is 0.491 e. The fourth-order valence-electron chi connectivity index (χ4n) is 3.35. The summed E-state index contributed by atoms with van der Waals surface area (Å²) >= 11 is 5.86. The molecule has 3 rings (SSSR count). The van der Waals surface area contributed by atoms with Gasteiger partial charge in [-0.1, -0.05) is 29.8 Å². The highest BCUT2D eigenvalue weighted by Crippen LogP contribution is 2.27. The molecule has 0 saturated carbocycles. The van der Waals surface area contributed by atoms with Crippen molar-refractivity contribution in [2.75, 3.05) is 13.2 Å². The quantitative estimate of drug-likeness (QED) is 0.721. The molecule has 1 N–H and O–H groups in total. The molecule has 0 aliphatic carbocycles.